The first kappa shape index (κ1) is 17.8. The zero-order valence-corrected chi connectivity index (χ0v) is 14.1. The Morgan fingerprint density at radius 3 is 2.33 bits per heavy atom. The Labute approximate surface area is 130 Å². The van der Waals surface area contributed by atoms with Gasteiger partial charge >= 0.3 is 0 Å². The van der Waals surface area contributed by atoms with Gasteiger partial charge < -0.3 is 10.4 Å². The lowest BCUT2D eigenvalue weighted by Crippen LogP contribution is -2.24. The Kier molecular flexibility index (Phi) is 5.28. The molecule has 0 fully saturated rings. The van der Waals surface area contributed by atoms with Crippen molar-refractivity contribution in [3.8, 4) is 5.75 Å². The molecule has 0 spiro atoms. The molecule has 2 N–H and O–H groups in total. The van der Waals surface area contributed by atoms with Crippen molar-refractivity contribution in [2.45, 2.75) is 37.6 Å². The smallest absolute Gasteiger partial charge is 0.235 e. The maximum atomic E-state index is 11.8. The number of phenols is 1. The van der Waals surface area contributed by atoms with Crippen LogP contribution in [0.3, 0.4) is 0 Å². The first-order valence-electron chi connectivity index (χ1n) is 6.36. The Bertz CT molecular complexity index is 648. The number of hydrogen-bond acceptors (Lipinski definition) is 4. The summed E-state index contributed by atoms with van der Waals surface area (Å²) in [5.41, 5.74) is 0.815. The van der Waals surface area contributed by atoms with E-state index >= 15 is 0 Å². The topological polar surface area (TPSA) is 83.5 Å². The van der Waals surface area contributed by atoms with Crippen molar-refractivity contribution in [3.63, 3.8) is 0 Å². The van der Waals surface area contributed by atoms with Crippen LogP contribution in [0, 0.1) is 0 Å². The first-order chi connectivity index (χ1) is 9.46. The standard InChI is InChI=1S/C14H20ClNO4S/c1-14(2,3)10-5-9(8-16-12(17)7-15)13(18)11(6-10)21(4,19)20/h5-6,18H,7-8H2,1-4H3,(H,16,17). The van der Waals surface area contributed by atoms with Crippen LogP contribution in [0.1, 0.15) is 31.9 Å². The number of benzene rings is 1. The number of phenolic OH excluding ortho intramolecular Hbond substituents is 1. The van der Waals surface area contributed by atoms with Crippen LogP contribution in [-0.2, 0) is 26.6 Å². The molecule has 0 aliphatic heterocycles. The van der Waals surface area contributed by atoms with Crippen LogP contribution in [-0.4, -0.2) is 31.6 Å². The van der Waals surface area contributed by atoms with Crippen LogP contribution >= 0.6 is 11.6 Å². The van der Waals surface area contributed by atoms with E-state index in [1.54, 1.807) is 6.07 Å². The summed E-state index contributed by atoms with van der Waals surface area (Å²) >= 11 is 5.40. The SMILES string of the molecule is CC(C)(C)c1cc(CNC(=O)CCl)c(O)c(S(C)(=O)=O)c1. The van der Waals surface area contributed by atoms with Gasteiger partial charge in [0.2, 0.25) is 5.91 Å². The third kappa shape index (κ3) is 4.61. The molecule has 0 unspecified atom stereocenters. The Balaban J connectivity index is 3.39. The van der Waals surface area contributed by atoms with Gasteiger partial charge in [-0.3, -0.25) is 4.79 Å². The van der Waals surface area contributed by atoms with Gasteiger partial charge in [-0.05, 0) is 23.1 Å². The molecule has 118 valence electrons. The molecule has 1 aromatic carbocycles. The Hall–Kier alpha value is -1.27. The van der Waals surface area contributed by atoms with E-state index in [4.69, 9.17) is 11.6 Å². The van der Waals surface area contributed by atoms with E-state index in [0.29, 0.717) is 5.56 Å². The number of amides is 1. The molecule has 5 nitrogen and oxygen atoms in total. The third-order valence-electron chi connectivity index (χ3n) is 3.02. The highest BCUT2D eigenvalue weighted by molar-refractivity contribution is 7.90. The Morgan fingerprint density at radius 2 is 1.90 bits per heavy atom. The number of carbonyl (C=O) groups is 1. The van der Waals surface area contributed by atoms with Gasteiger partial charge in [-0.2, -0.15) is 0 Å². The second kappa shape index (κ2) is 6.23. The van der Waals surface area contributed by atoms with E-state index in [-0.39, 0.29) is 28.5 Å². The Morgan fingerprint density at radius 1 is 1.33 bits per heavy atom. The van der Waals surface area contributed by atoms with Crippen LogP contribution in [0.5, 0.6) is 5.75 Å². The van der Waals surface area contributed by atoms with Gasteiger partial charge in [-0.1, -0.05) is 20.8 Å². The second-order valence-electron chi connectivity index (χ2n) is 5.91. The molecule has 0 heterocycles. The van der Waals surface area contributed by atoms with Crippen LogP contribution in [0.4, 0.5) is 0 Å². The molecule has 0 bridgehead atoms. The quantitative estimate of drug-likeness (QED) is 0.825. The number of rotatable bonds is 4. The summed E-state index contributed by atoms with van der Waals surface area (Å²) in [6.45, 7) is 5.83. The highest BCUT2D eigenvalue weighted by atomic mass is 35.5. The first-order valence-corrected chi connectivity index (χ1v) is 8.78. The van der Waals surface area contributed by atoms with E-state index in [0.717, 1.165) is 11.8 Å². The zero-order chi connectivity index (χ0) is 16.4. The molecule has 1 rings (SSSR count). The van der Waals surface area contributed by atoms with Gasteiger partial charge in [0.1, 0.15) is 16.5 Å². The molecular weight excluding hydrogens is 314 g/mol. The molecule has 0 aliphatic carbocycles. The zero-order valence-electron chi connectivity index (χ0n) is 12.5. The molecular formula is C14H20ClNO4S. The average molecular weight is 334 g/mol. The predicted octanol–water partition coefficient (Wildman–Crippen LogP) is 1.95. The number of alkyl halides is 1. The van der Waals surface area contributed by atoms with E-state index in [2.05, 4.69) is 5.32 Å². The van der Waals surface area contributed by atoms with Crippen LogP contribution < -0.4 is 5.32 Å². The number of nitrogens with one attached hydrogen (secondary N) is 1. The summed E-state index contributed by atoms with van der Waals surface area (Å²) in [7, 11) is -3.57. The van der Waals surface area contributed by atoms with E-state index in [1.807, 2.05) is 20.8 Å². The van der Waals surface area contributed by atoms with Gasteiger partial charge in [0.25, 0.3) is 0 Å². The highest BCUT2D eigenvalue weighted by Crippen LogP contribution is 2.33. The lowest BCUT2D eigenvalue weighted by molar-refractivity contribution is -0.118. The normalized spacial score (nSPS) is 12.2. The lowest BCUT2D eigenvalue weighted by atomic mass is 9.86. The van der Waals surface area contributed by atoms with Crippen LogP contribution in [0.2, 0.25) is 0 Å². The molecule has 21 heavy (non-hydrogen) atoms. The number of halogens is 1. The van der Waals surface area contributed by atoms with E-state index < -0.39 is 15.7 Å². The maximum absolute atomic E-state index is 11.8. The minimum atomic E-state index is -3.57. The molecule has 7 heteroatoms. The van der Waals surface area contributed by atoms with Gasteiger partial charge in [-0.15, -0.1) is 11.6 Å². The molecule has 0 aliphatic rings. The molecule has 0 saturated carbocycles. The fraction of sp³-hybridized carbons (Fsp3) is 0.500. The predicted molar refractivity (Wildman–Crippen MR) is 82.5 cm³/mol. The molecule has 0 aromatic heterocycles. The van der Waals surface area contributed by atoms with Crippen molar-refractivity contribution < 1.29 is 18.3 Å². The van der Waals surface area contributed by atoms with Crippen molar-refractivity contribution in [3.05, 3.63) is 23.3 Å². The molecule has 0 radical (unpaired) electrons. The van der Waals surface area contributed by atoms with Crippen LogP contribution in [0.15, 0.2) is 17.0 Å². The number of sulfone groups is 1. The monoisotopic (exact) mass is 333 g/mol. The summed E-state index contributed by atoms with van der Waals surface area (Å²) in [4.78, 5) is 11.1. The van der Waals surface area contributed by atoms with E-state index in [9.17, 15) is 18.3 Å². The third-order valence-corrected chi connectivity index (χ3v) is 4.37. The number of aromatic hydroxyl groups is 1. The van der Waals surface area contributed by atoms with Crippen molar-refractivity contribution in [1.29, 1.82) is 0 Å². The molecule has 0 saturated heterocycles. The van der Waals surface area contributed by atoms with Gasteiger partial charge in [-0.25, -0.2) is 8.42 Å². The summed E-state index contributed by atoms with van der Waals surface area (Å²) in [6, 6.07) is 3.16. The summed E-state index contributed by atoms with van der Waals surface area (Å²) in [5.74, 6) is -0.919. The lowest BCUT2D eigenvalue weighted by Gasteiger charge is -2.22. The van der Waals surface area contributed by atoms with Crippen molar-refractivity contribution >= 4 is 27.3 Å². The molecule has 1 amide bonds. The minimum absolute atomic E-state index is 0.0177. The summed E-state index contributed by atoms with van der Waals surface area (Å²) in [5, 5.41) is 12.7. The fourth-order valence-electron chi connectivity index (χ4n) is 1.76. The van der Waals surface area contributed by atoms with Gasteiger partial charge in [0.05, 0.1) is 0 Å². The van der Waals surface area contributed by atoms with Crippen molar-refractivity contribution in [2.75, 3.05) is 12.1 Å². The molecule has 1 aromatic rings. The van der Waals surface area contributed by atoms with Crippen LogP contribution in [0.25, 0.3) is 0 Å². The second-order valence-corrected chi connectivity index (χ2v) is 8.17. The van der Waals surface area contributed by atoms with Gasteiger partial charge in [0.15, 0.2) is 9.84 Å². The summed E-state index contributed by atoms with van der Waals surface area (Å²) in [6.07, 6.45) is 1.04. The fourth-order valence-corrected chi connectivity index (χ4v) is 2.67. The van der Waals surface area contributed by atoms with Crippen molar-refractivity contribution in [1.82, 2.24) is 5.32 Å². The minimum Gasteiger partial charge on any atom is -0.506 e. The van der Waals surface area contributed by atoms with Gasteiger partial charge in [0, 0.05) is 18.4 Å². The van der Waals surface area contributed by atoms with E-state index in [1.165, 1.54) is 6.07 Å². The average Bonchev–Trinajstić information content (AvgIpc) is 2.34. The summed E-state index contributed by atoms with van der Waals surface area (Å²) < 4.78 is 23.6. The maximum Gasteiger partial charge on any atom is 0.235 e. The number of carbonyl (C=O) groups excluding carboxylic acids is 1. The number of hydrogen-bond donors (Lipinski definition) is 2. The molecule has 0 atom stereocenters. The van der Waals surface area contributed by atoms with Crippen molar-refractivity contribution in [2.24, 2.45) is 0 Å². The highest BCUT2D eigenvalue weighted by Gasteiger charge is 2.23. The largest absolute Gasteiger partial charge is 0.506 e.